The molecule has 0 spiro atoms. The van der Waals surface area contributed by atoms with Crippen molar-refractivity contribution in [2.45, 2.75) is 39.3 Å². The zero-order valence-electron chi connectivity index (χ0n) is 26.0. The second-order valence-electron chi connectivity index (χ2n) is 11.2. The Labute approximate surface area is 267 Å². The number of benzene rings is 3. The van der Waals surface area contributed by atoms with Gasteiger partial charge < -0.3 is 25.6 Å². The van der Waals surface area contributed by atoms with E-state index in [1.54, 1.807) is 32.1 Å². The minimum atomic E-state index is -1.02. The van der Waals surface area contributed by atoms with E-state index in [4.69, 9.17) is 4.74 Å². The second-order valence-corrected chi connectivity index (χ2v) is 11.2. The van der Waals surface area contributed by atoms with Gasteiger partial charge in [-0.3, -0.25) is 19.4 Å². The standard InChI is InChI=1S/C36H37N3O7/c1-21(2)32(33(42)31-22(3)34(43)39-35(31)44)38-30(41)20-28(26-15-17-27(18-16-26)36(45)46-4)37-29(40)19-12-23-10-13-25(14-11-23)24-8-6-5-7-9-24/h5-19,21,28,32,39,43-44H,20H2,1-4H3,(H,37,40)(H,38,41)/t28?,32-/m0/s1. The van der Waals surface area contributed by atoms with Gasteiger partial charge in [-0.1, -0.05) is 80.6 Å². The highest BCUT2D eigenvalue weighted by atomic mass is 16.5. The quantitative estimate of drug-likeness (QED) is 0.0795. The first-order valence-corrected chi connectivity index (χ1v) is 14.7. The molecule has 1 unspecified atom stereocenters. The fourth-order valence-electron chi connectivity index (χ4n) is 5.00. The van der Waals surface area contributed by atoms with Gasteiger partial charge in [0, 0.05) is 11.6 Å². The molecule has 1 heterocycles. The normalized spacial score (nSPS) is 12.5. The Kier molecular flexibility index (Phi) is 10.8. The molecule has 0 saturated heterocycles. The molecule has 0 saturated carbocycles. The van der Waals surface area contributed by atoms with Gasteiger partial charge in [-0.05, 0) is 53.3 Å². The first kappa shape index (κ1) is 33.3. The van der Waals surface area contributed by atoms with Crippen LogP contribution in [0.25, 0.3) is 17.2 Å². The molecule has 0 aliphatic carbocycles. The molecule has 10 heteroatoms. The maximum atomic E-state index is 13.4. The van der Waals surface area contributed by atoms with Crippen LogP contribution in [0.4, 0.5) is 0 Å². The number of amides is 2. The highest BCUT2D eigenvalue weighted by Crippen LogP contribution is 2.30. The molecule has 0 aliphatic heterocycles. The molecule has 46 heavy (non-hydrogen) atoms. The lowest BCUT2D eigenvalue weighted by molar-refractivity contribution is -0.123. The smallest absolute Gasteiger partial charge is 0.337 e. The number of aromatic nitrogens is 1. The zero-order valence-corrected chi connectivity index (χ0v) is 26.0. The molecule has 0 radical (unpaired) electrons. The third kappa shape index (κ3) is 8.09. The van der Waals surface area contributed by atoms with Crippen molar-refractivity contribution in [2.75, 3.05) is 7.11 Å². The number of nitrogens with one attached hydrogen (secondary N) is 3. The predicted molar refractivity (Wildman–Crippen MR) is 174 cm³/mol. The summed E-state index contributed by atoms with van der Waals surface area (Å²) >= 11 is 0. The molecule has 2 atom stereocenters. The molecular weight excluding hydrogens is 586 g/mol. The van der Waals surface area contributed by atoms with Crippen molar-refractivity contribution in [3.8, 4) is 22.9 Å². The van der Waals surface area contributed by atoms with Crippen LogP contribution >= 0.6 is 0 Å². The summed E-state index contributed by atoms with van der Waals surface area (Å²) in [5.41, 5.74) is 3.83. The monoisotopic (exact) mass is 623 g/mol. The molecular formula is C36H37N3O7. The summed E-state index contributed by atoms with van der Waals surface area (Å²) in [5.74, 6) is -3.28. The van der Waals surface area contributed by atoms with E-state index in [1.807, 2.05) is 54.6 Å². The lowest BCUT2D eigenvalue weighted by Gasteiger charge is -2.24. The molecule has 0 fully saturated rings. The van der Waals surface area contributed by atoms with E-state index in [2.05, 4.69) is 15.6 Å². The average molecular weight is 624 g/mol. The van der Waals surface area contributed by atoms with Crippen LogP contribution in [-0.2, 0) is 14.3 Å². The third-order valence-corrected chi connectivity index (χ3v) is 7.60. The van der Waals surface area contributed by atoms with Crippen LogP contribution in [0, 0.1) is 12.8 Å². The minimum Gasteiger partial charge on any atom is -0.494 e. The molecule has 1 aromatic heterocycles. The van der Waals surface area contributed by atoms with Crippen LogP contribution in [0.5, 0.6) is 11.8 Å². The summed E-state index contributed by atoms with van der Waals surface area (Å²) in [6, 6.07) is 22.1. The van der Waals surface area contributed by atoms with Gasteiger partial charge in [0.15, 0.2) is 11.7 Å². The number of rotatable bonds is 12. The first-order valence-electron chi connectivity index (χ1n) is 14.7. The fourth-order valence-corrected chi connectivity index (χ4v) is 5.00. The molecule has 5 N–H and O–H groups in total. The Bertz CT molecular complexity index is 1720. The molecule has 3 aromatic carbocycles. The van der Waals surface area contributed by atoms with Gasteiger partial charge in [0.1, 0.15) is 0 Å². The topological polar surface area (TPSA) is 158 Å². The summed E-state index contributed by atoms with van der Waals surface area (Å²) in [6.07, 6.45) is 2.80. The van der Waals surface area contributed by atoms with E-state index < -0.39 is 41.5 Å². The number of aromatic amines is 1. The number of carbonyl (C=O) groups is 4. The summed E-state index contributed by atoms with van der Waals surface area (Å²) in [7, 11) is 1.27. The number of aromatic hydroxyl groups is 2. The molecule has 2 amide bonds. The Morgan fingerprint density at radius 2 is 1.48 bits per heavy atom. The number of ketones is 1. The number of carbonyl (C=O) groups excluding carboxylic acids is 4. The lowest BCUT2D eigenvalue weighted by atomic mass is 9.93. The Morgan fingerprint density at radius 3 is 2.04 bits per heavy atom. The molecule has 4 rings (SSSR count). The van der Waals surface area contributed by atoms with Gasteiger partial charge >= 0.3 is 5.97 Å². The third-order valence-electron chi connectivity index (χ3n) is 7.60. The van der Waals surface area contributed by atoms with Gasteiger partial charge in [-0.2, -0.15) is 0 Å². The van der Waals surface area contributed by atoms with Crippen molar-refractivity contribution in [2.24, 2.45) is 5.92 Å². The second kappa shape index (κ2) is 14.9. The van der Waals surface area contributed by atoms with E-state index in [9.17, 15) is 29.4 Å². The number of ether oxygens (including phenoxy) is 1. The van der Waals surface area contributed by atoms with E-state index in [0.717, 1.165) is 16.7 Å². The summed E-state index contributed by atoms with van der Waals surface area (Å²) in [4.78, 5) is 54.0. The first-order chi connectivity index (χ1) is 22.0. The van der Waals surface area contributed by atoms with Crippen LogP contribution in [0.2, 0.25) is 0 Å². The average Bonchev–Trinajstić information content (AvgIpc) is 3.32. The fraction of sp³-hybridized carbons (Fsp3) is 0.222. The van der Waals surface area contributed by atoms with E-state index >= 15 is 0 Å². The number of hydrogen-bond acceptors (Lipinski definition) is 7. The van der Waals surface area contributed by atoms with Crippen molar-refractivity contribution in [1.82, 2.24) is 15.6 Å². The summed E-state index contributed by atoms with van der Waals surface area (Å²) in [5, 5.41) is 25.7. The van der Waals surface area contributed by atoms with Crippen LogP contribution in [0.15, 0.2) is 84.9 Å². The molecule has 0 bridgehead atoms. The van der Waals surface area contributed by atoms with Crippen molar-refractivity contribution >= 4 is 29.6 Å². The molecule has 10 nitrogen and oxygen atoms in total. The predicted octanol–water partition coefficient (Wildman–Crippen LogP) is 5.47. The number of hydrogen-bond donors (Lipinski definition) is 5. The zero-order chi connectivity index (χ0) is 33.4. The highest BCUT2D eigenvalue weighted by Gasteiger charge is 2.31. The van der Waals surface area contributed by atoms with Crippen molar-refractivity contribution < 1.29 is 34.1 Å². The van der Waals surface area contributed by atoms with Crippen molar-refractivity contribution in [1.29, 1.82) is 0 Å². The van der Waals surface area contributed by atoms with Crippen LogP contribution in [0.1, 0.15) is 63.7 Å². The van der Waals surface area contributed by atoms with Gasteiger partial charge in [0.25, 0.3) is 0 Å². The number of methoxy groups -OCH3 is 1. The van der Waals surface area contributed by atoms with E-state index in [0.29, 0.717) is 11.1 Å². The highest BCUT2D eigenvalue weighted by molar-refractivity contribution is 6.05. The summed E-state index contributed by atoms with van der Waals surface area (Å²) < 4.78 is 4.77. The maximum absolute atomic E-state index is 13.4. The Hall–Kier alpha value is -5.64. The lowest BCUT2D eigenvalue weighted by Crippen LogP contribution is -2.45. The number of H-pyrrole nitrogens is 1. The molecule has 238 valence electrons. The van der Waals surface area contributed by atoms with Crippen LogP contribution in [0.3, 0.4) is 0 Å². The van der Waals surface area contributed by atoms with Crippen LogP contribution in [-0.4, -0.2) is 51.9 Å². The van der Waals surface area contributed by atoms with Gasteiger partial charge in [0.05, 0.1) is 36.7 Å². The summed E-state index contributed by atoms with van der Waals surface area (Å²) in [6.45, 7) is 4.96. The molecule has 4 aromatic rings. The molecule has 0 aliphatic rings. The van der Waals surface area contributed by atoms with Gasteiger partial charge in [-0.25, -0.2) is 4.79 Å². The van der Waals surface area contributed by atoms with E-state index in [-0.39, 0.29) is 29.3 Å². The van der Waals surface area contributed by atoms with Crippen molar-refractivity contribution in [3.05, 3.63) is 113 Å². The minimum absolute atomic E-state index is 0.110. The van der Waals surface area contributed by atoms with E-state index in [1.165, 1.54) is 32.2 Å². The number of esters is 1. The van der Waals surface area contributed by atoms with Gasteiger partial charge in [-0.15, -0.1) is 0 Å². The van der Waals surface area contributed by atoms with Crippen LogP contribution < -0.4 is 10.6 Å². The largest absolute Gasteiger partial charge is 0.494 e. The van der Waals surface area contributed by atoms with Crippen molar-refractivity contribution in [3.63, 3.8) is 0 Å². The SMILES string of the molecule is COC(=O)c1ccc(C(CC(=O)N[C@H](C(=O)c2c(O)[nH]c(O)c2C)C(C)C)NC(=O)C=Cc2ccc(-c3ccccc3)cc2)cc1. The Morgan fingerprint density at radius 1 is 0.848 bits per heavy atom. The Balaban J connectivity index is 1.51. The number of Topliss-reactive ketones (excluding diaryl/α,β-unsaturated/α-hetero) is 1. The maximum Gasteiger partial charge on any atom is 0.337 e. The van der Waals surface area contributed by atoms with Gasteiger partial charge in [0.2, 0.25) is 17.7 Å².